The molecule has 0 aliphatic rings. The Morgan fingerprint density at radius 3 is 2.80 bits per heavy atom. The summed E-state index contributed by atoms with van der Waals surface area (Å²) in [4.78, 5) is 11.9. The summed E-state index contributed by atoms with van der Waals surface area (Å²) in [5, 5.41) is 0. The Morgan fingerprint density at radius 2 is 2.20 bits per heavy atom. The average Bonchev–Trinajstić information content (AvgIpc) is 2.21. The van der Waals surface area contributed by atoms with Crippen LogP contribution in [0.1, 0.15) is 37.0 Å². The predicted octanol–water partition coefficient (Wildman–Crippen LogP) is 3.65. The summed E-state index contributed by atoms with van der Waals surface area (Å²) < 4.78 is 0.893. The lowest BCUT2D eigenvalue weighted by Crippen LogP contribution is -2.08. The lowest BCUT2D eigenvalue weighted by molar-refractivity contribution is 0.0964. The van der Waals surface area contributed by atoms with E-state index in [1.807, 2.05) is 6.07 Å². The Kier molecular flexibility index (Phi) is 4.33. The molecule has 0 heterocycles. The normalized spacial score (nSPS) is 12.5. The van der Waals surface area contributed by atoms with E-state index in [2.05, 4.69) is 29.8 Å². The first kappa shape index (κ1) is 12.2. The number of rotatable bonds is 4. The fourth-order valence-corrected chi connectivity index (χ4v) is 1.70. The molecule has 2 N–H and O–H groups in total. The van der Waals surface area contributed by atoms with Gasteiger partial charge in [0.05, 0.1) is 0 Å². The highest BCUT2D eigenvalue weighted by atomic mass is 79.9. The maximum Gasteiger partial charge on any atom is 0.165 e. The summed E-state index contributed by atoms with van der Waals surface area (Å²) >= 11 is 3.34. The number of anilines is 1. The van der Waals surface area contributed by atoms with Crippen LogP contribution < -0.4 is 5.73 Å². The van der Waals surface area contributed by atoms with Crippen molar-refractivity contribution in [2.24, 2.45) is 5.92 Å². The second-order valence-electron chi connectivity index (χ2n) is 3.87. The van der Waals surface area contributed by atoms with E-state index in [9.17, 15) is 4.79 Å². The highest BCUT2D eigenvalue weighted by Gasteiger charge is 2.13. The van der Waals surface area contributed by atoms with Crippen molar-refractivity contribution in [1.29, 1.82) is 0 Å². The molecule has 3 heteroatoms. The molecule has 0 fully saturated rings. The molecular weight excluding hydrogens is 254 g/mol. The Bertz CT molecular complexity index is 363. The van der Waals surface area contributed by atoms with Crippen LogP contribution in [0.15, 0.2) is 22.7 Å². The van der Waals surface area contributed by atoms with Gasteiger partial charge in [-0.05, 0) is 24.1 Å². The number of carbonyl (C=O) groups excluding carboxylic acids is 1. The van der Waals surface area contributed by atoms with Crippen LogP contribution in [0.5, 0.6) is 0 Å². The molecule has 0 bridgehead atoms. The van der Waals surface area contributed by atoms with Crippen LogP contribution in [-0.4, -0.2) is 5.78 Å². The lowest BCUT2D eigenvalue weighted by Gasteiger charge is -2.09. The molecule has 0 saturated heterocycles. The first-order valence-electron chi connectivity index (χ1n) is 5.12. The van der Waals surface area contributed by atoms with Gasteiger partial charge in [-0.15, -0.1) is 0 Å². The summed E-state index contributed by atoms with van der Waals surface area (Å²) in [6, 6.07) is 5.39. The number of ketones is 1. The molecule has 1 aromatic rings. The van der Waals surface area contributed by atoms with Gasteiger partial charge < -0.3 is 5.73 Å². The minimum absolute atomic E-state index is 0.128. The van der Waals surface area contributed by atoms with E-state index in [0.29, 0.717) is 23.6 Å². The van der Waals surface area contributed by atoms with Crippen LogP contribution >= 0.6 is 15.9 Å². The van der Waals surface area contributed by atoms with E-state index < -0.39 is 0 Å². The summed E-state index contributed by atoms with van der Waals surface area (Å²) in [5.41, 5.74) is 6.96. The molecule has 15 heavy (non-hydrogen) atoms. The number of hydrogen-bond acceptors (Lipinski definition) is 2. The van der Waals surface area contributed by atoms with Crippen LogP contribution in [0.2, 0.25) is 0 Å². The van der Waals surface area contributed by atoms with E-state index in [1.165, 1.54) is 0 Å². The van der Waals surface area contributed by atoms with Crippen molar-refractivity contribution in [2.75, 3.05) is 5.73 Å². The Labute approximate surface area is 99.0 Å². The van der Waals surface area contributed by atoms with E-state index in [1.54, 1.807) is 12.1 Å². The van der Waals surface area contributed by atoms with Gasteiger partial charge in [0.15, 0.2) is 5.78 Å². The standard InChI is InChI=1S/C12H16BrNO/c1-3-8(2)6-12(15)10-7-9(13)4-5-11(10)14/h4-5,7-8H,3,6,14H2,1-2H3. The third kappa shape index (κ3) is 3.34. The Balaban J connectivity index is 2.86. The highest BCUT2D eigenvalue weighted by molar-refractivity contribution is 9.10. The number of Topliss-reactive ketones (excluding diaryl/α,β-unsaturated/α-hetero) is 1. The predicted molar refractivity (Wildman–Crippen MR) is 67.0 cm³/mol. The second-order valence-corrected chi connectivity index (χ2v) is 4.79. The summed E-state index contributed by atoms with van der Waals surface area (Å²) in [6.07, 6.45) is 1.58. The number of carbonyl (C=O) groups is 1. The van der Waals surface area contributed by atoms with Gasteiger partial charge >= 0.3 is 0 Å². The SMILES string of the molecule is CCC(C)CC(=O)c1cc(Br)ccc1N. The third-order valence-electron chi connectivity index (χ3n) is 2.55. The number of hydrogen-bond donors (Lipinski definition) is 1. The average molecular weight is 270 g/mol. The molecule has 1 unspecified atom stereocenters. The first-order chi connectivity index (χ1) is 7.04. The van der Waals surface area contributed by atoms with Crippen LogP contribution in [0, 0.1) is 5.92 Å². The molecule has 1 atom stereocenters. The molecule has 1 rings (SSSR count). The topological polar surface area (TPSA) is 43.1 Å². The quantitative estimate of drug-likeness (QED) is 0.670. The highest BCUT2D eigenvalue weighted by Crippen LogP contribution is 2.21. The van der Waals surface area contributed by atoms with Gasteiger partial charge in [-0.2, -0.15) is 0 Å². The molecular formula is C12H16BrNO. The number of benzene rings is 1. The molecule has 2 nitrogen and oxygen atoms in total. The summed E-state index contributed by atoms with van der Waals surface area (Å²) in [5.74, 6) is 0.541. The van der Waals surface area contributed by atoms with E-state index in [-0.39, 0.29) is 5.78 Å². The fourth-order valence-electron chi connectivity index (χ4n) is 1.34. The molecule has 0 aromatic heterocycles. The van der Waals surface area contributed by atoms with Crippen molar-refractivity contribution < 1.29 is 4.79 Å². The Hall–Kier alpha value is -0.830. The minimum atomic E-state index is 0.128. The van der Waals surface area contributed by atoms with Crippen molar-refractivity contribution in [3.8, 4) is 0 Å². The van der Waals surface area contributed by atoms with Crippen LogP contribution in [0.4, 0.5) is 5.69 Å². The van der Waals surface area contributed by atoms with Crippen molar-refractivity contribution in [3.05, 3.63) is 28.2 Å². The van der Waals surface area contributed by atoms with E-state index in [4.69, 9.17) is 5.73 Å². The van der Waals surface area contributed by atoms with Crippen LogP contribution in [-0.2, 0) is 0 Å². The molecule has 0 saturated carbocycles. The molecule has 0 amide bonds. The lowest BCUT2D eigenvalue weighted by atomic mass is 9.97. The summed E-state index contributed by atoms with van der Waals surface area (Å²) in [6.45, 7) is 4.16. The second kappa shape index (κ2) is 5.31. The van der Waals surface area contributed by atoms with Crippen molar-refractivity contribution in [3.63, 3.8) is 0 Å². The molecule has 82 valence electrons. The smallest absolute Gasteiger partial charge is 0.165 e. The zero-order valence-electron chi connectivity index (χ0n) is 9.09. The molecule has 0 radical (unpaired) electrons. The number of nitrogen functional groups attached to an aromatic ring is 1. The molecule has 0 aliphatic heterocycles. The van der Waals surface area contributed by atoms with Crippen molar-refractivity contribution in [1.82, 2.24) is 0 Å². The van der Waals surface area contributed by atoms with Crippen LogP contribution in [0.3, 0.4) is 0 Å². The minimum Gasteiger partial charge on any atom is -0.398 e. The first-order valence-corrected chi connectivity index (χ1v) is 5.92. The summed E-state index contributed by atoms with van der Waals surface area (Å²) in [7, 11) is 0. The number of nitrogens with two attached hydrogens (primary N) is 1. The maximum atomic E-state index is 11.9. The van der Waals surface area contributed by atoms with Crippen molar-refractivity contribution >= 4 is 27.4 Å². The molecule has 0 aliphatic carbocycles. The van der Waals surface area contributed by atoms with Gasteiger partial charge in [0.1, 0.15) is 0 Å². The zero-order valence-corrected chi connectivity index (χ0v) is 10.7. The Morgan fingerprint density at radius 1 is 1.53 bits per heavy atom. The van der Waals surface area contributed by atoms with Crippen molar-refractivity contribution in [2.45, 2.75) is 26.7 Å². The monoisotopic (exact) mass is 269 g/mol. The third-order valence-corrected chi connectivity index (χ3v) is 3.04. The molecule has 1 aromatic carbocycles. The van der Waals surface area contributed by atoms with Gasteiger partial charge in [0.2, 0.25) is 0 Å². The molecule has 0 spiro atoms. The van der Waals surface area contributed by atoms with Gasteiger partial charge in [0, 0.05) is 22.1 Å². The van der Waals surface area contributed by atoms with Gasteiger partial charge in [-0.3, -0.25) is 4.79 Å². The van der Waals surface area contributed by atoms with Gasteiger partial charge in [-0.1, -0.05) is 36.2 Å². The fraction of sp³-hybridized carbons (Fsp3) is 0.417. The van der Waals surface area contributed by atoms with Gasteiger partial charge in [0.25, 0.3) is 0 Å². The maximum absolute atomic E-state index is 11.9. The van der Waals surface area contributed by atoms with Gasteiger partial charge in [-0.25, -0.2) is 0 Å². The van der Waals surface area contributed by atoms with E-state index >= 15 is 0 Å². The van der Waals surface area contributed by atoms with Crippen LogP contribution in [0.25, 0.3) is 0 Å². The van der Waals surface area contributed by atoms with E-state index in [0.717, 1.165) is 10.9 Å². The zero-order chi connectivity index (χ0) is 11.4. The largest absolute Gasteiger partial charge is 0.398 e. The number of halogens is 1.